The van der Waals surface area contributed by atoms with Crippen LogP contribution in [0, 0.1) is 5.82 Å². The van der Waals surface area contributed by atoms with E-state index in [1.54, 1.807) is 35.1 Å². The summed E-state index contributed by atoms with van der Waals surface area (Å²) < 4.78 is 43.3. The smallest absolute Gasteiger partial charge is 0.273 e. The van der Waals surface area contributed by atoms with Crippen LogP contribution in [-0.4, -0.2) is 30.3 Å². The van der Waals surface area contributed by atoms with Crippen molar-refractivity contribution in [1.82, 2.24) is 15.2 Å². The monoisotopic (exact) mass is 573 g/mol. The van der Waals surface area contributed by atoms with Crippen molar-refractivity contribution in [1.29, 1.82) is 0 Å². The maximum atomic E-state index is 13.5. The van der Waals surface area contributed by atoms with Crippen LogP contribution in [0.5, 0.6) is 0 Å². The Morgan fingerprint density at radius 2 is 1.57 bits per heavy atom. The highest BCUT2D eigenvalue weighted by molar-refractivity contribution is 7.92. The molecule has 0 fully saturated rings. The largest absolute Gasteiger partial charge is 0.279 e. The van der Waals surface area contributed by atoms with Crippen LogP contribution in [0.4, 0.5) is 10.1 Å². The van der Waals surface area contributed by atoms with Crippen molar-refractivity contribution in [2.45, 2.75) is 4.90 Å². The van der Waals surface area contributed by atoms with Gasteiger partial charge in [-0.15, -0.1) is 0 Å². The van der Waals surface area contributed by atoms with Crippen LogP contribution in [0.15, 0.2) is 119 Å². The summed E-state index contributed by atoms with van der Waals surface area (Å²) >= 11 is 5.86. The lowest BCUT2D eigenvalue weighted by Crippen LogP contribution is -2.21. The van der Waals surface area contributed by atoms with Gasteiger partial charge in [-0.3, -0.25) is 9.52 Å². The van der Waals surface area contributed by atoms with Crippen molar-refractivity contribution < 1.29 is 17.6 Å². The molecule has 0 atom stereocenters. The van der Waals surface area contributed by atoms with Gasteiger partial charge in [0.25, 0.3) is 15.9 Å². The Morgan fingerprint density at radius 3 is 2.30 bits per heavy atom. The van der Waals surface area contributed by atoms with Gasteiger partial charge < -0.3 is 0 Å². The molecular weight excluding hydrogens is 553 g/mol. The minimum atomic E-state index is -3.98. The number of benzene rings is 4. The first-order valence-corrected chi connectivity index (χ1v) is 13.8. The first-order valence-electron chi connectivity index (χ1n) is 11.9. The highest BCUT2D eigenvalue weighted by atomic mass is 35.5. The first-order chi connectivity index (χ1) is 19.3. The minimum absolute atomic E-state index is 0.00566. The summed E-state index contributed by atoms with van der Waals surface area (Å²) in [7, 11) is -3.98. The van der Waals surface area contributed by atoms with Gasteiger partial charge in [0.1, 0.15) is 11.5 Å². The molecule has 0 saturated carbocycles. The van der Waals surface area contributed by atoms with Crippen LogP contribution in [0.1, 0.15) is 15.9 Å². The fourth-order valence-electron chi connectivity index (χ4n) is 3.84. The number of carbonyl (C=O) groups is 1. The molecule has 5 rings (SSSR count). The third-order valence-electron chi connectivity index (χ3n) is 5.79. The molecule has 0 saturated heterocycles. The van der Waals surface area contributed by atoms with Gasteiger partial charge in [-0.2, -0.15) is 10.2 Å². The lowest BCUT2D eigenvalue weighted by Gasteiger charge is -2.11. The van der Waals surface area contributed by atoms with E-state index in [2.05, 4.69) is 20.3 Å². The zero-order valence-corrected chi connectivity index (χ0v) is 22.3. The summed E-state index contributed by atoms with van der Waals surface area (Å²) in [5, 5.41) is 9.12. The second kappa shape index (κ2) is 11.5. The topological polar surface area (TPSA) is 105 Å². The molecule has 200 valence electrons. The van der Waals surface area contributed by atoms with Crippen LogP contribution in [0.25, 0.3) is 16.9 Å². The summed E-state index contributed by atoms with van der Waals surface area (Å²) in [4.78, 5) is 13.0. The summed E-state index contributed by atoms with van der Waals surface area (Å²) in [5.41, 5.74) is 5.13. The average Bonchev–Trinajstić information content (AvgIpc) is 3.38. The zero-order valence-electron chi connectivity index (χ0n) is 20.7. The highest BCUT2D eigenvalue weighted by Crippen LogP contribution is 2.24. The van der Waals surface area contributed by atoms with Gasteiger partial charge >= 0.3 is 0 Å². The Balaban J connectivity index is 1.39. The molecule has 0 spiro atoms. The van der Waals surface area contributed by atoms with Crippen LogP contribution >= 0.6 is 11.6 Å². The number of para-hydroxylation sites is 2. The normalized spacial score (nSPS) is 11.4. The van der Waals surface area contributed by atoms with Crippen LogP contribution in [0.2, 0.25) is 5.02 Å². The van der Waals surface area contributed by atoms with Crippen molar-refractivity contribution in [3.8, 4) is 16.9 Å². The first kappa shape index (κ1) is 26.8. The van der Waals surface area contributed by atoms with E-state index in [-0.39, 0.29) is 22.0 Å². The summed E-state index contributed by atoms with van der Waals surface area (Å²) in [6, 6.07) is 27.1. The van der Waals surface area contributed by atoms with E-state index in [4.69, 9.17) is 11.6 Å². The van der Waals surface area contributed by atoms with Gasteiger partial charge in [-0.05, 0) is 72.8 Å². The van der Waals surface area contributed by atoms with Gasteiger partial charge in [0.2, 0.25) is 0 Å². The molecule has 2 N–H and O–H groups in total. The molecule has 0 bridgehead atoms. The van der Waals surface area contributed by atoms with E-state index in [9.17, 15) is 17.6 Å². The number of hydrazone groups is 1. The molecule has 0 unspecified atom stereocenters. The second-order valence-electron chi connectivity index (χ2n) is 8.52. The van der Waals surface area contributed by atoms with Crippen LogP contribution in [0.3, 0.4) is 0 Å². The van der Waals surface area contributed by atoms with Crippen LogP contribution in [-0.2, 0) is 10.0 Å². The number of carbonyl (C=O) groups excluding carboxylic acids is 1. The number of hydrogen-bond donors (Lipinski definition) is 2. The predicted molar refractivity (Wildman–Crippen MR) is 153 cm³/mol. The Morgan fingerprint density at radius 1 is 0.900 bits per heavy atom. The number of hydrogen-bond acceptors (Lipinski definition) is 5. The Labute approximate surface area is 234 Å². The molecule has 4 aromatic carbocycles. The lowest BCUT2D eigenvalue weighted by atomic mass is 10.1. The SMILES string of the molecule is O=C(N/N=C\c1cn(-c2ccccc2)nc1-c1ccc(F)cc1)c1ccccc1NS(=O)(=O)c1ccc(Cl)cc1. The minimum Gasteiger partial charge on any atom is -0.279 e. The van der Waals surface area contributed by atoms with Gasteiger partial charge in [0.15, 0.2) is 0 Å². The molecule has 0 aliphatic rings. The van der Waals surface area contributed by atoms with E-state index in [1.165, 1.54) is 54.7 Å². The van der Waals surface area contributed by atoms with Gasteiger partial charge in [0, 0.05) is 22.3 Å². The second-order valence-corrected chi connectivity index (χ2v) is 10.6. The molecule has 0 aliphatic carbocycles. The number of nitrogens with zero attached hydrogens (tertiary/aromatic N) is 3. The predicted octanol–water partition coefficient (Wildman–Crippen LogP) is 5.90. The Kier molecular flexibility index (Phi) is 7.72. The summed E-state index contributed by atoms with van der Waals surface area (Å²) in [6.07, 6.45) is 3.15. The molecule has 11 heteroatoms. The quantitative estimate of drug-likeness (QED) is 0.178. The fraction of sp³-hybridized carbons (Fsp3) is 0. The molecule has 8 nitrogen and oxygen atoms in total. The summed E-state index contributed by atoms with van der Waals surface area (Å²) in [6.45, 7) is 0. The Hall–Kier alpha value is -4.80. The van der Waals surface area contributed by atoms with Crippen molar-refractivity contribution in [3.05, 3.63) is 131 Å². The number of amides is 1. The molecule has 40 heavy (non-hydrogen) atoms. The molecule has 1 aromatic heterocycles. The van der Waals surface area contributed by atoms with Gasteiger partial charge in [-0.25, -0.2) is 22.9 Å². The Bertz CT molecular complexity index is 1790. The number of halogens is 2. The lowest BCUT2D eigenvalue weighted by molar-refractivity contribution is 0.0956. The third-order valence-corrected chi connectivity index (χ3v) is 7.42. The van der Waals surface area contributed by atoms with E-state index in [0.717, 1.165) is 5.69 Å². The number of aromatic nitrogens is 2. The molecule has 1 heterocycles. The van der Waals surface area contributed by atoms with E-state index in [0.29, 0.717) is 21.8 Å². The van der Waals surface area contributed by atoms with Crippen molar-refractivity contribution in [2.75, 3.05) is 4.72 Å². The van der Waals surface area contributed by atoms with Crippen molar-refractivity contribution in [3.63, 3.8) is 0 Å². The number of nitrogens with one attached hydrogen (secondary N) is 2. The van der Waals surface area contributed by atoms with Crippen LogP contribution < -0.4 is 10.1 Å². The standard InChI is InChI=1S/C29H21ClFN5O3S/c30-22-12-16-25(17-13-22)40(38,39)35-27-9-5-4-8-26(27)29(37)33-32-18-21-19-36(24-6-2-1-3-7-24)34-28(21)20-10-14-23(31)15-11-20/h1-19,35H,(H,33,37)/b32-18-. The fourth-order valence-corrected chi connectivity index (χ4v) is 5.04. The molecular formula is C29H21ClFN5O3S. The average molecular weight is 574 g/mol. The number of anilines is 1. The third kappa shape index (κ3) is 6.09. The molecule has 0 aliphatic heterocycles. The van der Waals surface area contributed by atoms with E-state index < -0.39 is 15.9 Å². The highest BCUT2D eigenvalue weighted by Gasteiger charge is 2.19. The zero-order chi connectivity index (χ0) is 28.1. The van der Waals surface area contributed by atoms with E-state index >= 15 is 0 Å². The van der Waals surface area contributed by atoms with Gasteiger partial charge in [0.05, 0.1) is 28.0 Å². The van der Waals surface area contributed by atoms with Gasteiger partial charge in [-0.1, -0.05) is 41.9 Å². The van der Waals surface area contributed by atoms with Crippen molar-refractivity contribution >= 4 is 39.4 Å². The number of rotatable bonds is 8. The molecule has 5 aromatic rings. The molecule has 1 amide bonds. The summed E-state index contributed by atoms with van der Waals surface area (Å²) in [5.74, 6) is -1.01. The number of sulfonamides is 1. The van der Waals surface area contributed by atoms with Crippen molar-refractivity contribution in [2.24, 2.45) is 5.10 Å². The van der Waals surface area contributed by atoms with E-state index in [1.807, 2.05) is 30.3 Å². The maximum Gasteiger partial charge on any atom is 0.273 e. The molecule has 0 radical (unpaired) electrons. The maximum absolute atomic E-state index is 13.5.